The van der Waals surface area contributed by atoms with Crippen LogP contribution in [0.2, 0.25) is 0 Å². The van der Waals surface area contributed by atoms with Crippen molar-refractivity contribution in [3.8, 4) is 0 Å². The van der Waals surface area contributed by atoms with E-state index in [2.05, 4.69) is 34.2 Å². The fraction of sp³-hybridized carbons (Fsp3) is 0.417. The average Bonchev–Trinajstić information content (AvgIpc) is 2.28. The molecule has 1 rings (SSSR count). The summed E-state index contributed by atoms with van der Waals surface area (Å²) in [5, 5.41) is 2.88. The van der Waals surface area contributed by atoms with E-state index in [1.54, 1.807) is 0 Å². The Labute approximate surface area is 99.2 Å². The number of alkyl halides is 1. The molecule has 1 atom stereocenters. The normalized spacial score (nSPS) is 12.2. The molecule has 0 aliphatic carbocycles. The summed E-state index contributed by atoms with van der Waals surface area (Å²) in [5.41, 5.74) is 2.10. The van der Waals surface area contributed by atoms with Gasteiger partial charge >= 0.3 is 0 Å². The zero-order chi connectivity index (χ0) is 11.3. The number of benzene rings is 1. The van der Waals surface area contributed by atoms with Crippen molar-refractivity contribution in [2.45, 2.75) is 31.5 Å². The molecule has 1 unspecified atom stereocenters. The zero-order valence-electron chi connectivity index (χ0n) is 9.09. The molecule has 0 bridgehead atoms. The molecule has 1 N–H and O–H groups in total. The maximum atomic E-state index is 11.6. The summed E-state index contributed by atoms with van der Waals surface area (Å²) in [7, 11) is 0. The number of rotatable bonds is 4. The van der Waals surface area contributed by atoms with Crippen LogP contribution in [0.15, 0.2) is 24.3 Å². The number of hydrogen-bond donors (Lipinski definition) is 1. The molecule has 3 heteroatoms. The second kappa shape index (κ2) is 5.91. The Morgan fingerprint density at radius 2 is 2.20 bits per heavy atom. The van der Waals surface area contributed by atoms with Crippen LogP contribution in [-0.4, -0.2) is 10.7 Å². The Kier molecular flexibility index (Phi) is 4.82. The molecule has 0 aliphatic rings. The standard InChI is InChI=1S/C12H16BrNO/c1-3-9-6-5-7-10(8-9)14-12(15)11(13)4-2/h5-8,11H,3-4H2,1-2H3,(H,14,15). The molecular formula is C12H16BrNO. The van der Waals surface area contributed by atoms with Crippen LogP contribution in [-0.2, 0) is 11.2 Å². The van der Waals surface area contributed by atoms with Crippen LogP contribution in [0.1, 0.15) is 25.8 Å². The van der Waals surface area contributed by atoms with Gasteiger partial charge in [0.25, 0.3) is 0 Å². The van der Waals surface area contributed by atoms with E-state index >= 15 is 0 Å². The van der Waals surface area contributed by atoms with Crippen LogP contribution in [0.25, 0.3) is 0 Å². The topological polar surface area (TPSA) is 29.1 Å². The lowest BCUT2D eigenvalue weighted by molar-refractivity contribution is -0.115. The molecule has 1 aromatic carbocycles. The molecule has 0 heterocycles. The minimum absolute atomic E-state index is 0.0192. The first-order valence-corrected chi connectivity index (χ1v) is 6.12. The summed E-state index contributed by atoms with van der Waals surface area (Å²) in [4.78, 5) is 11.5. The van der Waals surface area contributed by atoms with E-state index < -0.39 is 0 Å². The quantitative estimate of drug-likeness (QED) is 0.835. The van der Waals surface area contributed by atoms with E-state index in [4.69, 9.17) is 0 Å². The van der Waals surface area contributed by atoms with Crippen molar-refractivity contribution in [3.05, 3.63) is 29.8 Å². The van der Waals surface area contributed by atoms with E-state index in [1.165, 1.54) is 5.56 Å². The van der Waals surface area contributed by atoms with Gasteiger partial charge in [-0.1, -0.05) is 41.9 Å². The Balaban J connectivity index is 2.68. The molecule has 0 aliphatic heterocycles. The number of carbonyl (C=O) groups excluding carboxylic acids is 1. The van der Waals surface area contributed by atoms with Crippen molar-refractivity contribution in [2.24, 2.45) is 0 Å². The molecule has 0 aromatic heterocycles. The molecule has 0 saturated heterocycles. The van der Waals surface area contributed by atoms with Crippen molar-refractivity contribution in [2.75, 3.05) is 5.32 Å². The van der Waals surface area contributed by atoms with Crippen LogP contribution < -0.4 is 5.32 Å². The molecule has 1 aromatic rings. The Hall–Kier alpha value is -0.830. The lowest BCUT2D eigenvalue weighted by Crippen LogP contribution is -2.21. The second-order valence-corrected chi connectivity index (χ2v) is 4.52. The Bertz CT molecular complexity index is 338. The van der Waals surface area contributed by atoms with Gasteiger partial charge in [-0.15, -0.1) is 0 Å². The summed E-state index contributed by atoms with van der Waals surface area (Å²) in [5.74, 6) is 0.0192. The summed E-state index contributed by atoms with van der Waals surface area (Å²) in [6, 6.07) is 7.93. The van der Waals surface area contributed by atoms with Gasteiger partial charge in [-0.3, -0.25) is 4.79 Å². The highest BCUT2D eigenvalue weighted by atomic mass is 79.9. The lowest BCUT2D eigenvalue weighted by Gasteiger charge is -2.09. The van der Waals surface area contributed by atoms with Gasteiger partial charge < -0.3 is 5.32 Å². The predicted molar refractivity (Wildman–Crippen MR) is 67.5 cm³/mol. The third-order valence-electron chi connectivity index (χ3n) is 2.25. The van der Waals surface area contributed by atoms with Crippen LogP contribution >= 0.6 is 15.9 Å². The number of amides is 1. The van der Waals surface area contributed by atoms with Gasteiger partial charge in [-0.2, -0.15) is 0 Å². The van der Waals surface area contributed by atoms with E-state index in [9.17, 15) is 4.79 Å². The third kappa shape index (κ3) is 3.67. The Morgan fingerprint density at radius 1 is 1.47 bits per heavy atom. The van der Waals surface area contributed by atoms with E-state index in [1.807, 2.05) is 25.1 Å². The van der Waals surface area contributed by atoms with Gasteiger partial charge in [0, 0.05) is 5.69 Å². The van der Waals surface area contributed by atoms with Crippen LogP contribution in [0.5, 0.6) is 0 Å². The van der Waals surface area contributed by atoms with Crippen molar-refractivity contribution >= 4 is 27.5 Å². The summed E-state index contributed by atoms with van der Waals surface area (Å²) < 4.78 is 0. The molecule has 15 heavy (non-hydrogen) atoms. The minimum Gasteiger partial charge on any atom is -0.325 e. The van der Waals surface area contributed by atoms with Crippen molar-refractivity contribution < 1.29 is 4.79 Å². The van der Waals surface area contributed by atoms with Gasteiger partial charge in [0.15, 0.2) is 0 Å². The number of carbonyl (C=O) groups is 1. The molecule has 2 nitrogen and oxygen atoms in total. The maximum Gasteiger partial charge on any atom is 0.238 e. The smallest absolute Gasteiger partial charge is 0.238 e. The van der Waals surface area contributed by atoms with E-state index in [0.29, 0.717) is 0 Å². The fourth-order valence-electron chi connectivity index (χ4n) is 1.27. The lowest BCUT2D eigenvalue weighted by atomic mass is 10.1. The van der Waals surface area contributed by atoms with Gasteiger partial charge in [0.05, 0.1) is 4.83 Å². The van der Waals surface area contributed by atoms with E-state index in [-0.39, 0.29) is 10.7 Å². The molecule has 0 fully saturated rings. The summed E-state index contributed by atoms with van der Waals surface area (Å²) >= 11 is 3.32. The first kappa shape index (κ1) is 12.2. The van der Waals surface area contributed by atoms with Gasteiger partial charge in [-0.25, -0.2) is 0 Å². The van der Waals surface area contributed by atoms with Crippen molar-refractivity contribution in [1.82, 2.24) is 0 Å². The molecule has 0 saturated carbocycles. The zero-order valence-corrected chi connectivity index (χ0v) is 10.7. The second-order valence-electron chi connectivity index (χ2n) is 3.42. The molecule has 0 radical (unpaired) electrons. The molecule has 0 spiro atoms. The van der Waals surface area contributed by atoms with Crippen LogP contribution in [0.4, 0.5) is 5.69 Å². The monoisotopic (exact) mass is 269 g/mol. The first-order chi connectivity index (χ1) is 7.17. The number of anilines is 1. The van der Waals surface area contributed by atoms with Crippen molar-refractivity contribution in [1.29, 1.82) is 0 Å². The highest BCUT2D eigenvalue weighted by molar-refractivity contribution is 9.10. The highest BCUT2D eigenvalue weighted by Gasteiger charge is 2.11. The van der Waals surface area contributed by atoms with Crippen molar-refractivity contribution in [3.63, 3.8) is 0 Å². The summed E-state index contributed by atoms with van der Waals surface area (Å²) in [6.45, 7) is 4.07. The summed E-state index contributed by atoms with van der Waals surface area (Å²) in [6.07, 6.45) is 1.77. The predicted octanol–water partition coefficient (Wildman–Crippen LogP) is 3.36. The third-order valence-corrected chi connectivity index (χ3v) is 3.31. The SMILES string of the molecule is CCc1cccc(NC(=O)C(Br)CC)c1. The van der Waals surface area contributed by atoms with Gasteiger partial charge in [-0.05, 0) is 30.5 Å². The number of nitrogens with one attached hydrogen (secondary N) is 1. The number of hydrogen-bond acceptors (Lipinski definition) is 1. The van der Waals surface area contributed by atoms with Crippen LogP contribution in [0, 0.1) is 0 Å². The minimum atomic E-state index is -0.109. The molecule has 1 amide bonds. The average molecular weight is 270 g/mol. The van der Waals surface area contributed by atoms with Gasteiger partial charge in [0.2, 0.25) is 5.91 Å². The highest BCUT2D eigenvalue weighted by Crippen LogP contribution is 2.13. The fourth-order valence-corrected chi connectivity index (χ4v) is 1.39. The first-order valence-electron chi connectivity index (χ1n) is 5.21. The number of halogens is 1. The van der Waals surface area contributed by atoms with Gasteiger partial charge in [0.1, 0.15) is 0 Å². The molecule has 82 valence electrons. The largest absolute Gasteiger partial charge is 0.325 e. The molecular weight excluding hydrogens is 254 g/mol. The Morgan fingerprint density at radius 3 is 2.80 bits per heavy atom. The van der Waals surface area contributed by atoms with Crippen LogP contribution in [0.3, 0.4) is 0 Å². The maximum absolute atomic E-state index is 11.6. The van der Waals surface area contributed by atoms with E-state index in [0.717, 1.165) is 18.5 Å². The number of aryl methyl sites for hydroxylation is 1.